The minimum absolute atomic E-state index is 0.00619. The van der Waals surface area contributed by atoms with E-state index in [9.17, 15) is 22.9 Å². The van der Waals surface area contributed by atoms with Gasteiger partial charge in [0.2, 0.25) is 5.91 Å². The van der Waals surface area contributed by atoms with E-state index in [1.807, 2.05) is 23.1 Å². The van der Waals surface area contributed by atoms with Crippen LogP contribution in [0.5, 0.6) is 0 Å². The van der Waals surface area contributed by atoms with E-state index in [1.165, 1.54) is 22.8 Å². The highest BCUT2D eigenvalue weighted by Crippen LogP contribution is 2.38. The van der Waals surface area contributed by atoms with Crippen molar-refractivity contribution in [1.82, 2.24) is 4.90 Å². The van der Waals surface area contributed by atoms with Gasteiger partial charge in [0.1, 0.15) is 12.3 Å². The number of ether oxygens (including phenoxy) is 1. The Hall–Kier alpha value is -3.72. The zero-order chi connectivity index (χ0) is 28.8. The topological polar surface area (TPSA) is 71.0 Å². The number of anilines is 1. The molecule has 1 aliphatic carbocycles. The van der Waals surface area contributed by atoms with Crippen molar-refractivity contribution >= 4 is 17.3 Å². The number of carbonyl (C=O) groups is 1. The summed E-state index contributed by atoms with van der Waals surface area (Å²) in [5.74, 6) is 0.442. The lowest BCUT2D eigenvalue weighted by Gasteiger charge is -2.33. The van der Waals surface area contributed by atoms with Crippen LogP contribution in [0.1, 0.15) is 55.6 Å². The summed E-state index contributed by atoms with van der Waals surface area (Å²) in [6.45, 7) is 1.47. The van der Waals surface area contributed by atoms with Crippen molar-refractivity contribution in [3.05, 3.63) is 88.8 Å². The second kappa shape index (κ2) is 12.9. The summed E-state index contributed by atoms with van der Waals surface area (Å²) in [6, 6.07) is 22.5. The predicted octanol–water partition coefficient (Wildman–Crippen LogP) is 7.92. The summed E-state index contributed by atoms with van der Waals surface area (Å²) in [5, 5.41) is 5.62. The zero-order valence-corrected chi connectivity index (χ0v) is 22.8. The van der Waals surface area contributed by atoms with E-state index in [1.54, 1.807) is 0 Å². The number of hydrogen-bond donors (Lipinski definition) is 1. The predicted molar refractivity (Wildman–Crippen MR) is 153 cm³/mol. The molecule has 1 N–H and O–H groups in total. The van der Waals surface area contributed by atoms with Gasteiger partial charge in [-0.05, 0) is 84.5 Å². The molecule has 1 saturated carbocycles. The number of amides is 1. The number of halogens is 3. The number of carbonyl (C=O) groups excluding carboxylic acids is 1. The molecule has 0 unspecified atom stereocenters. The van der Waals surface area contributed by atoms with E-state index in [2.05, 4.69) is 46.9 Å². The fourth-order valence-electron chi connectivity index (χ4n) is 5.86. The number of alkyl halides is 3. The molecule has 1 amide bonds. The summed E-state index contributed by atoms with van der Waals surface area (Å²) in [5.41, 5.74) is 2.35. The van der Waals surface area contributed by atoms with Gasteiger partial charge < -0.3 is 15.0 Å². The van der Waals surface area contributed by atoms with Gasteiger partial charge in [0.05, 0.1) is 11.7 Å². The van der Waals surface area contributed by atoms with Crippen LogP contribution < -0.4 is 5.32 Å². The molecule has 3 aromatic carbocycles. The maximum absolute atomic E-state index is 13.2. The summed E-state index contributed by atoms with van der Waals surface area (Å²) in [4.78, 5) is 25.4. The van der Waals surface area contributed by atoms with Crippen LogP contribution in [0.15, 0.2) is 78.0 Å². The van der Waals surface area contributed by atoms with Crippen molar-refractivity contribution in [3.63, 3.8) is 0 Å². The Balaban J connectivity index is 1.03. The average Bonchev–Trinajstić information content (AvgIpc) is 3.01. The van der Waals surface area contributed by atoms with Crippen LogP contribution in [0.25, 0.3) is 11.1 Å². The Bertz CT molecular complexity index is 1320. The molecule has 2 fully saturated rings. The number of rotatable bonds is 8. The number of piperidine rings is 1. The minimum Gasteiger partial charge on any atom is -0.382 e. The molecule has 1 heterocycles. The van der Waals surface area contributed by atoms with E-state index in [4.69, 9.17) is 4.74 Å². The highest BCUT2D eigenvalue weighted by molar-refractivity contribution is 5.77. The Kier molecular flexibility index (Phi) is 9.03. The molecule has 1 saturated heterocycles. The average molecular weight is 566 g/mol. The van der Waals surface area contributed by atoms with Gasteiger partial charge in [0.15, 0.2) is 0 Å². The number of hydrogen-bond acceptors (Lipinski definition) is 5. The number of likely N-dealkylation sites (tertiary alicyclic amines) is 1. The monoisotopic (exact) mass is 565 g/mol. The van der Waals surface area contributed by atoms with Crippen molar-refractivity contribution in [2.45, 2.75) is 62.8 Å². The van der Waals surface area contributed by atoms with Crippen molar-refractivity contribution in [1.29, 1.82) is 0 Å². The van der Waals surface area contributed by atoms with Gasteiger partial charge in [-0.3, -0.25) is 4.79 Å². The van der Waals surface area contributed by atoms with Gasteiger partial charge in [0.25, 0.3) is 0 Å². The lowest BCUT2D eigenvalue weighted by atomic mass is 9.88. The van der Waals surface area contributed by atoms with Crippen LogP contribution in [0.2, 0.25) is 0 Å². The number of nitroso groups, excluding NO2 is 1. The lowest BCUT2D eigenvalue weighted by molar-refractivity contribution is -0.140. The maximum atomic E-state index is 13.2. The molecule has 0 atom stereocenters. The van der Waals surface area contributed by atoms with Gasteiger partial charge in [-0.1, -0.05) is 54.6 Å². The van der Waals surface area contributed by atoms with Crippen molar-refractivity contribution in [3.8, 4) is 11.1 Å². The Morgan fingerprint density at radius 3 is 2.17 bits per heavy atom. The SMILES string of the molecule is O=Nc1ccc(NC2CCC(OCC(=O)N3CCC(c4ccc(-c5ccccc5)cc4)CC3)CC2)cc1C(F)(F)F. The summed E-state index contributed by atoms with van der Waals surface area (Å²) in [7, 11) is 0. The van der Waals surface area contributed by atoms with Crippen LogP contribution in [0.4, 0.5) is 24.5 Å². The molecule has 9 heteroatoms. The van der Waals surface area contributed by atoms with E-state index < -0.39 is 17.4 Å². The molecule has 5 rings (SSSR count). The summed E-state index contributed by atoms with van der Waals surface area (Å²) in [6.07, 6.45) is -0.00370. The number of nitrogens with one attached hydrogen (secondary N) is 1. The van der Waals surface area contributed by atoms with Crippen molar-refractivity contribution in [2.75, 3.05) is 25.0 Å². The van der Waals surface area contributed by atoms with Crippen molar-refractivity contribution in [2.24, 2.45) is 5.18 Å². The van der Waals surface area contributed by atoms with E-state index >= 15 is 0 Å². The largest absolute Gasteiger partial charge is 0.418 e. The van der Waals surface area contributed by atoms with Crippen molar-refractivity contribution < 1.29 is 22.7 Å². The Morgan fingerprint density at radius 2 is 1.54 bits per heavy atom. The first-order valence-corrected chi connectivity index (χ1v) is 14.2. The lowest BCUT2D eigenvalue weighted by Crippen LogP contribution is -2.41. The fraction of sp³-hybridized carbons (Fsp3) is 0.406. The third-order valence-electron chi connectivity index (χ3n) is 8.22. The quantitative estimate of drug-likeness (QED) is 0.282. The minimum atomic E-state index is -4.65. The number of benzene rings is 3. The van der Waals surface area contributed by atoms with E-state index in [0.717, 1.165) is 25.0 Å². The van der Waals surface area contributed by atoms with Crippen LogP contribution in [-0.2, 0) is 15.7 Å². The standard InChI is InChI=1S/C32H34F3N3O3/c33-32(34,35)29-20-27(12-15-30(29)37-40)36-26-10-13-28(14-11-26)41-21-31(39)38-18-16-25(17-19-38)24-8-6-23(7-9-24)22-4-2-1-3-5-22/h1-9,12,15,20,25-26,28,36H,10-11,13-14,16-19,21H2. The van der Waals surface area contributed by atoms with E-state index in [0.29, 0.717) is 50.4 Å². The smallest absolute Gasteiger partial charge is 0.382 e. The second-order valence-corrected chi connectivity index (χ2v) is 10.9. The van der Waals surface area contributed by atoms with Crippen LogP contribution >= 0.6 is 0 Å². The molecule has 1 aliphatic heterocycles. The molecule has 3 aromatic rings. The van der Waals surface area contributed by atoms with Gasteiger partial charge >= 0.3 is 6.18 Å². The first-order valence-electron chi connectivity index (χ1n) is 14.2. The Morgan fingerprint density at radius 1 is 0.878 bits per heavy atom. The van der Waals surface area contributed by atoms with Gasteiger partial charge in [-0.2, -0.15) is 13.2 Å². The van der Waals surface area contributed by atoms with Gasteiger partial charge in [0, 0.05) is 24.8 Å². The van der Waals surface area contributed by atoms with E-state index in [-0.39, 0.29) is 24.7 Å². The third-order valence-corrected chi connectivity index (χ3v) is 8.22. The fourth-order valence-corrected chi connectivity index (χ4v) is 5.86. The molecule has 6 nitrogen and oxygen atoms in total. The summed E-state index contributed by atoms with van der Waals surface area (Å²) >= 11 is 0. The highest BCUT2D eigenvalue weighted by Gasteiger charge is 2.35. The molecular weight excluding hydrogens is 531 g/mol. The molecule has 0 radical (unpaired) electrons. The molecule has 41 heavy (non-hydrogen) atoms. The number of nitrogens with zero attached hydrogens (tertiary/aromatic N) is 2. The molecule has 0 bridgehead atoms. The molecule has 0 spiro atoms. The maximum Gasteiger partial charge on any atom is 0.418 e. The zero-order valence-electron chi connectivity index (χ0n) is 22.8. The third kappa shape index (κ3) is 7.33. The normalized spacial score (nSPS) is 20.0. The Labute approximate surface area is 237 Å². The van der Waals surface area contributed by atoms with Gasteiger partial charge in [-0.15, -0.1) is 4.91 Å². The van der Waals surface area contributed by atoms with Gasteiger partial charge in [-0.25, -0.2) is 0 Å². The van der Waals surface area contributed by atoms with Crippen LogP contribution in [0, 0.1) is 4.91 Å². The molecule has 216 valence electrons. The van der Waals surface area contributed by atoms with Crippen LogP contribution in [-0.4, -0.2) is 42.6 Å². The highest BCUT2D eigenvalue weighted by atomic mass is 19.4. The first kappa shape index (κ1) is 28.8. The first-order chi connectivity index (χ1) is 19.8. The summed E-state index contributed by atoms with van der Waals surface area (Å²) < 4.78 is 45.6. The molecule has 2 aliphatic rings. The molecular formula is C32H34F3N3O3. The van der Waals surface area contributed by atoms with Crippen LogP contribution in [0.3, 0.4) is 0 Å². The molecule has 0 aromatic heterocycles. The second-order valence-electron chi connectivity index (χ2n) is 10.9.